The summed E-state index contributed by atoms with van der Waals surface area (Å²) in [4.78, 5) is 8.55. The average molecular weight is 434 g/mol. The lowest BCUT2D eigenvalue weighted by Gasteiger charge is -2.10. The van der Waals surface area contributed by atoms with E-state index in [9.17, 15) is 8.42 Å². The van der Waals surface area contributed by atoms with Crippen molar-refractivity contribution in [3.8, 4) is 23.2 Å². The van der Waals surface area contributed by atoms with Crippen molar-refractivity contribution in [2.75, 3.05) is 11.3 Å². The van der Waals surface area contributed by atoms with E-state index in [1.165, 1.54) is 6.33 Å². The molecule has 1 aliphatic rings. The van der Waals surface area contributed by atoms with Crippen LogP contribution in [0.3, 0.4) is 0 Å². The topological polar surface area (TPSA) is 95.3 Å². The van der Waals surface area contributed by atoms with Crippen LogP contribution >= 0.6 is 0 Å². The van der Waals surface area contributed by atoms with Gasteiger partial charge >= 0.3 is 0 Å². The minimum absolute atomic E-state index is 0.204. The highest BCUT2D eigenvalue weighted by molar-refractivity contribution is 7.92. The Labute approximate surface area is 179 Å². The highest BCUT2D eigenvalue weighted by Gasteiger charge is 2.19. The van der Waals surface area contributed by atoms with Crippen molar-refractivity contribution >= 4 is 15.7 Å². The van der Waals surface area contributed by atoms with Gasteiger partial charge in [0.05, 0.1) is 11.5 Å². The Bertz CT molecular complexity index is 1320. The minimum Gasteiger partial charge on any atom is -0.493 e. The third kappa shape index (κ3) is 4.08. The van der Waals surface area contributed by atoms with E-state index in [2.05, 4.69) is 14.7 Å². The molecule has 3 heterocycles. The van der Waals surface area contributed by atoms with Gasteiger partial charge in [0.15, 0.2) is 0 Å². The third-order valence-electron chi connectivity index (χ3n) is 4.80. The Hall–Kier alpha value is -3.85. The van der Waals surface area contributed by atoms with Gasteiger partial charge in [-0.05, 0) is 60.2 Å². The van der Waals surface area contributed by atoms with Crippen molar-refractivity contribution in [3.05, 3.63) is 84.9 Å². The third-order valence-corrected chi connectivity index (χ3v) is 6.18. The molecule has 156 valence electrons. The molecule has 2 aromatic carbocycles. The molecule has 9 heteroatoms. The summed E-state index contributed by atoms with van der Waals surface area (Å²) in [6, 6.07) is 17.0. The van der Waals surface area contributed by atoms with Gasteiger partial charge in [0, 0.05) is 30.6 Å². The van der Waals surface area contributed by atoms with E-state index in [1.54, 1.807) is 48.5 Å². The second kappa shape index (κ2) is 7.77. The molecule has 1 aliphatic heterocycles. The molecule has 0 aliphatic carbocycles. The van der Waals surface area contributed by atoms with Gasteiger partial charge in [-0.2, -0.15) is 0 Å². The van der Waals surface area contributed by atoms with Crippen molar-refractivity contribution in [1.82, 2.24) is 14.5 Å². The van der Waals surface area contributed by atoms with Crippen LogP contribution in [0.2, 0.25) is 0 Å². The lowest BCUT2D eigenvalue weighted by Crippen LogP contribution is -2.13. The zero-order valence-electron chi connectivity index (χ0n) is 16.3. The second-order valence-corrected chi connectivity index (χ2v) is 8.59. The summed E-state index contributed by atoms with van der Waals surface area (Å²) in [7, 11) is -3.71. The number of fused-ring (bicyclic) bond motifs is 1. The molecular weight excluding hydrogens is 416 g/mol. The van der Waals surface area contributed by atoms with Crippen LogP contribution in [0, 0.1) is 0 Å². The molecule has 8 nitrogen and oxygen atoms in total. The van der Waals surface area contributed by atoms with Gasteiger partial charge < -0.3 is 14.0 Å². The summed E-state index contributed by atoms with van der Waals surface area (Å²) in [6.45, 7) is 0.576. The number of hydrogen-bond acceptors (Lipinski definition) is 6. The lowest BCUT2D eigenvalue weighted by molar-refractivity contribution is 0.356. The number of aromatic nitrogens is 3. The zero-order valence-corrected chi connectivity index (χ0v) is 17.1. The van der Waals surface area contributed by atoms with Gasteiger partial charge in [0.2, 0.25) is 5.88 Å². The fourth-order valence-corrected chi connectivity index (χ4v) is 4.38. The maximum atomic E-state index is 12.7. The van der Waals surface area contributed by atoms with Crippen LogP contribution in [0.25, 0.3) is 5.82 Å². The Kier molecular flexibility index (Phi) is 4.79. The first-order chi connectivity index (χ1) is 15.1. The minimum atomic E-state index is -3.71. The first-order valence-electron chi connectivity index (χ1n) is 9.59. The standard InChI is InChI=1S/C22H18N4O4S/c27-31(28,19-7-8-20-16(13-19)9-12-29-20)25-17-3-5-18(6-4-17)30-22-14-21(23-15-24-22)26-10-1-2-11-26/h1-8,10-11,13-15,25H,9,12H2. The van der Waals surface area contributed by atoms with E-state index < -0.39 is 10.0 Å². The molecule has 0 saturated heterocycles. The Morgan fingerprint density at radius 3 is 2.61 bits per heavy atom. The highest BCUT2D eigenvalue weighted by atomic mass is 32.2. The van der Waals surface area contributed by atoms with Gasteiger partial charge in [-0.15, -0.1) is 0 Å². The normalized spacial score (nSPS) is 12.8. The average Bonchev–Trinajstić information content (AvgIpc) is 3.47. The molecule has 0 amide bonds. The highest BCUT2D eigenvalue weighted by Crippen LogP contribution is 2.29. The van der Waals surface area contributed by atoms with Gasteiger partial charge in [-0.1, -0.05) is 0 Å². The first kappa shape index (κ1) is 19.1. The number of rotatable bonds is 6. The predicted octanol–water partition coefficient (Wildman–Crippen LogP) is 3.80. The molecule has 0 radical (unpaired) electrons. The molecule has 0 spiro atoms. The van der Waals surface area contributed by atoms with Crippen molar-refractivity contribution in [3.63, 3.8) is 0 Å². The van der Waals surface area contributed by atoms with E-state index in [4.69, 9.17) is 9.47 Å². The smallest absolute Gasteiger partial charge is 0.261 e. The Morgan fingerprint density at radius 1 is 1.00 bits per heavy atom. The molecule has 5 rings (SSSR count). The zero-order chi connectivity index (χ0) is 21.3. The number of sulfonamides is 1. The van der Waals surface area contributed by atoms with Crippen LogP contribution in [0.5, 0.6) is 17.4 Å². The number of hydrogen-bond donors (Lipinski definition) is 1. The lowest BCUT2D eigenvalue weighted by atomic mass is 10.2. The van der Waals surface area contributed by atoms with Gasteiger partial charge in [0.25, 0.3) is 10.0 Å². The van der Waals surface area contributed by atoms with E-state index in [1.807, 2.05) is 29.1 Å². The van der Waals surface area contributed by atoms with Crippen LogP contribution in [-0.4, -0.2) is 29.6 Å². The summed E-state index contributed by atoms with van der Waals surface area (Å²) in [5, 5.41) is 0. The maximum Gasteiger partial charge on any atom is 0.261 e. The monoisotopic (exact) mass is 434 g/mol. The van der Waals surface area contributed by atoms with Crippen LogP contribution in [-0.2, 0) is 16.4 Å². The molecule has 0 fully saturated rings. The quantitative estimate of drug-likeness (QED) is 0.496. The fourth-order valence-electron chi connectivity index (χ4n) is 3.27. The SMILES string of the molecule is O=S(=O)(Nc1ccc(Oc2cc(-n3cccc3)ncn2)cc1)c1ccc2c(c1)CCO2. The molecule has 1 N–H and O–H groups in total. The van der Waals surface area contributed by atoms with Crippen molar-refractivity contribution in [2.24, 2.45) is 0 Å². The molecule has 0 atom stereocenters. The molecule has 2 aromatic heterocycles. The van der Waals surface area contributed by atoms with E-state index in [0.29, 0.717) is 36.2 Å². The van der Waals surface area contributed by atoms with Crippen molar-refractivity contribution < 1.29 is 17.9 Å². The Morgan fingerprint density at radius 2 is 1.81 bits per heavy atom. The number of nitrogens with zero attached hydrogens (tertiary/aromatic N) is 3. The first-order valence-corrected chi connectivity index (χ1v) is 11.1. The predicted molar refractivity (Wildman–Crippen MR) is 114 cm³/mol. The van der Waals surface area contributed by atoms with E-state index >= 15 is 0 Å². The summed E-state index contributed by atoms with van der Waals surface area (Å²) >= 11 is 0. The number of nitrogens with one attached hydrogen (secondary N) is 1. The molecule has 4 aromatic rings. The molecule has 0 unspecified atom stereocenters. The molecule has 0 bridgehead atoms. The van der Waals surface area contributed by atoms with E-state index in [-0.39, 0.29) is 4.90 Å². The van der Waals surface area contributed by atoms with Gasteiger partial charge in [-0.3, -0.25) is 4.72 Å². The molecular formula is C22H18N4O4S. The fraction of sp³-hybridized carbons (Fsp3) is 0.0909. The summed E-state index contributed by atoms with van der Waals surface area (Å²) in [5.41, 5.74) is 1.33. The number of ether oxygens (including phenoxy) is 2. The van der Waals surface area contributed by atoms with Gasteiger partial charge in [-0.25, -0.2) is 18.4 Å². The van der Waals surface area contributed by atoms with Crippen molar-refractivity contribution in [2.45, 2.75) is 11.3 Å². The summed E-state index contributed by atoms with van der Waals surface area (Å²) < 4.78 is 41.1. The second-order valence-electron chi connectivity index (χ2n) is 6.90. The molecule has 31 heavy (non-hydrogen) atoms. The van der Waals surface area contributed by atoms with Crippen molar-refractivity contribution in [1.29, 1.82) is 0 Å². The molecule has 0 saturated carbocycles. The van der Waals surface area contributed by atoms with Crippen LogP contribution in [0.4, 0.5) is 5.69 Å². The van der Waals surface area contributed by atoms with Crippen LogP contribution in [0.15, 0.2) is 84.3 Å². The van der Waals surface area contributed by atoms with Crippen LogP contribution < -0.4 is 14.2 Å². The summed E-state index contributed by atoms with van der Waals surface area (Å²) in [6.07, 6.45) is 5.89. The largest absolute Gasteiger partial charge is 0.493 e. The van der Waals surface area contributed by atoms with E-state index in [0.717, 1.165) is 11.3 Å². The number of anilines is 1. The maximum absolute atomic E-state index is 12.7. The number of benzene rings is 2. The summed E-state index contributed by atoms with van der Waals surface area (Å²) in [5.74, 6) is 2.33. The Balaban J connectivity index is 1.30. The van der Waals surface area contributed by atoms with Crippen LogP contribution in [0.1, 0.15) is 5.56 Å². The van der Waals surface area contributed by atoms with Gasteiger partial charge in [0.1, 0.15) is 23.6 Å².